The summed E-state index contributed by atoms with van der Waals surface area (Å²) in [6, 6.07) is 7.60. The molecule has 0 saturated heterocycles. The maximum absolute atomic E-state index is 12.8. The van der Waals surface area contributed by atoms with E-state index in [4.69, 9.17) is 0 Å². The Hall–Kier alpha value is -1.82. The van der Waals surface area contributed by atoms with Gasteiger partial charge in [-0.25, -0.2) is 0 Å². The van der Waals surface area contributed by atoms with Gasteiger partial charge in [-0.05, 0) is 30.5 Å². The smallest absolute Gasteiger partial charge is 0.268 e. The van der Waals surface area contributed by atoms with E-state index in [1.54, 1.807) is 33.3 Å². The zero-order valence-electron chi connectivity index (χ0n) is 13.0. The summed E-state index contributed by atoms with van der Waals surface area (Å²) in [5.74, 6) is 0.347. The van der Waals surface area contributed by atoms with Crippen LogP contribution in [0, 0.1) is 6.92 Å². The van der Waals surface area contributed by atoms with E-state index in [2.05, 4.69) is 18.9 Å². The molecule has 1 aromatic heterocycles. The van der Waals surface area contributed by atoms with Crippen molar-refractivity contribution in [3.63, 3.8) is 0 Å². The number of rotatable bonds is 4. The van der Waals surface area contributed by atoms with Crippen molar-refractivity contribution in [2.75, 3.05) is 11.4 Å². The number of benzene rings is 1. The molecule has 5 nitrogen and oxygen atoms in total. The topological polar surface area (TPSA) is 55.2 Å². The van der Waals surface area contributed by atoms with Crippen LogP contribution in [0.2, 0.25) is 0 Å². The van der Waals surface area contributed by atoms with Gasteiger partial charge in [-0.3, -0.25) is 8.99 Å². The first kappa shape index (κ1) is 15.6. The lowest BCUT2D eigenvalue weighted by Crippen LogP contribution is -2.29. The van der Waals surface area contributed by atoms with Crippen molar-refractivity contribution in [2.24, 2.45) is 7.05 Å². The van der Waals surface area contributed by atoms with Gasteiger partial charge >= 0.3 is 0 Å². The van der Waals surface area contributed by atoms with Crippen LogP contribution in [0.1, 0.15) is 30.9 Å². The zero-order valence-corrected chi connectivity index (χ0v) is 13.8. The second kappa shape index (κ2) is 5.52. The lowest BCUT2D eigenvalue weighted by atomic mass is 10.0. The Morgan fingerprint density at radius 1 is 1.29 bits per heavy atom. The molecular weight excluding hydrogens is 286 g/mol. The summed E-state index contributed by atoms with van der Waals surface area (Å²) in [6.45, 7) is 5.91. The molecule has 114 valence electrons. The Kier molecular flexibility index (Phi) is 4.09. The molecule has 6 heteroatoms. The van der Waals surface area contributed by atoms with Gasteiger partial charge in [0, 0.05) is 19.7 Å². The molecule has 1 heterocycles. The summed E-state index contributed by atoms with van der Waals surface area (Å²) in [4.78, 5) is 0. The van der Waals surface area contributed by atoms with Crippen molar-refractivity contribution in [3.05, 3.63) is 41.6 Å². The second-order valence-electron chi connectivity index (χ2n) is 5.48. The van der Waals surface area contributed by atoms with Gasteiger partial charge in [0.1, 0.15) is 0 Å². The quantitative estimate of drug-likeness (QED) is 0.872. The highest BCUT2D eigenvalue weighted by Gasteiger charge is 2.27. The van der Waals surface area contributed by atoms with Gasteiger partial charge in [-0.1, -0.05) is 26.0 Å². The first-order valence-electron chi connectivity index (χ1n) is 6.82. The van der Waals surface area contributed by atoms with Crippen LogP contribution in [0.5, 0.6) is 0 Å². The van der Waals surface area contributed by atoms with Crippen LogP contribution >= 0.6 is 0 Å². The van der Waals surface area contributed by atoms with Gasteiger partial charge in [0.15, 0.2) is 5.03 Å². The third-order valence-corrected chi connectivity index (χ3v) is 5.57. The average molecular weight is 307 g/mol. The number of sulfonamides is 1. The maximum Gasteiger partial charge on any atom is 0.281 e. The van der Waals surface area contributed by atoms with Gasteiger partial charge < -0.3 is 0 Å². The molecule has 0 bridgehead atoms. The molecule has 0 amide bonds. The molecule has 2 rings (SSSR count). The largest absolute Gasteiger partial charge is 0.281 e. The molecule has 0 radical (unpaired) electrons. The molecule has 21 heavy (non-hydrogen) atoms. The van der Waals surface area contributed by atoms with Crippen molar-refractivity contribution < 1.29 is 8.42 Å². The van der Waals surface area contributed by atoms with E-state index in [0.29, 0.717) is 17.2 Å². The molecule has 2 aromatic rings. The van der Waals surface area contributed by atoms with Gasteiger partial charge in [0.05, 0.1) is 11.9 Å². The number of aromatic nitrogens is 2. The lowest BCUT2D eigenvalue weighted by molar-refractivity contribution is 0.574. The molecule has 0 unspecified atom stereocenters. The summed E-state index contributed by atoms with van der Waals surface area (Å²) in [7, 11) is -0.411. The average Bonchev–Trinajstić information content (AvgIpc) is 2.77. The van der Waals surface area contributed by atoms with Crippen LogP contribution in [0.25, 0.3) is 0 Å². The second-order valence-corrected chi connectivity index (χ2v) is 7.36. The maximum atomic E-state index is 12.8. The van der Waals surface area contributed by atoms with Crippen LogP contribution in [-0.4, -0.2) is 25.2 Å². The lowest BCUT2D eigenvalue weighted by Gasteiger charge is -2.21. The summed E-state index contributed by atoms with van der Waals surface area (Å²) < 4.78 is 28.3. The van der Waals surface area contributed by atoms with Crippen LogP contribution in [-0.2, 0) is 17.1 Å². The third-order valence-electron chi connectivity index (χ3n) is 3.56. The van der Waals surface area contributed by atoms with E-state index in [0.717, 1.165) is 5.56 Å². The first-order chi connectivity index (χ1) is 9.75. The van der Waals surface area contributed by atoms with Crippen molar-refractivity contribution >= 4 is 15.7 Å². The Labute approximate surface area is 126 Å². The standard InChI is InChI=1S/C15H21N3O2S/c1-11(2)13-7-6-8-14(9-13)18(5)21(19,20)15-12(3)10-16-17(15)4/h6-11H,1-5H3. The van der Waals surface area contributed by atoms with Crippen molar-refractivity contribution in [1.82, 2.24) is 9.78 Å². The van der Waals surface area contributed by atoms with Crippen LogP contribution < -0.4 is 4.31 Å². The highest BCUT2D eigenvalue weighted by atomic mass is 32.2. The van der Waals surface area contributed by atoms with Crippen LogP contribution in [0.15, 0.2) is 35.5 Å². The molecule has 0 spiro atoms. The van der Waals surface area contributed by atoms with E-state index >= 15 is 0 Å². The molecule has 0 saturated carbocycles. The van der Waals surface area contributed by atoms with E-state index < -0.39 is 10.0 Å². The van der Waals surface area contributed by atoms with Gasteiger partial charge in [-0.2, -0.15) is 13.5 Å². The Morgan fingerprint density at radius 3 is 2.48 bits per heavy atom. The number of aryl methyl sites for hydroxylation is 2. The number of anilines is 1. The fraction of sp³-hybridized carbons (Fsp3) is 0.400. The van der Waals surface area contributed by atoms with E-state index in [-0.39, 0.29) is 5.03 Å². The molecule has 0 aliphatic heterocycles. The van der Waals surface area contributed by atoms with Crippen molar-refractivity contribution in [3.8, 4) is 0 Å². The van der Waals surface area contributed by atoms with Crippen molar-refractivity contribution in [2.45, 2.75) is 31.7 Å². The number of hydrogen-bond donors (Lipinski definition) is 0. The molecule has 1 aromatic carbocycles. The minimum absolute atomic E-state index is 0.222. The Bertz CT molecular complexity index is 729. The fourth-order valence-electron chi connectivity index (χ4n) is 2.25. The fourth-order valence-corrected chi connectivity index (χ4v) is 3.75. The predicted octanol–water partition coefficient (Wildman–Crippen LogP) is 2.68. The van der Waals surface area contributed by atoms with Crippen LogP contribution in [0.3, 0.4) is 0 Å². The summed E-state index contributed by atoms with van der Waals surface area (Å²) >= 11 is 0. The molecule has 0 aliphatic carbocycles. The predicted molar refractivity (Wildman–Crippen MR) is 84.1 cm³/mol. The minimum atomic E-state index is -3.62. The number of nitrogens with zero attached hydrogens (tertiary/aromatic N) is 3. The normalized spacial score (nSPS) is 11.9. The monoisotopic (exact) mass is 307 g/mol. The highest BCUT2D eigenvalue weighted by Crippen LogP contribution is 2.26. The van der Waals surface area contributed by atoms with E-state index in [1.807, 2.05) is 18.2 Å². The molecule has 0 atom stereocenters. The minimum Gasteiger partial charge on any atom is -0.268 e. The highest BCUT2D eigenvalue weighted by molar-refractivity contribution is 7.92. The van der Waals surface area contributed by atoms with Crippen molar-refractivity contribution in [1.29, 1.82) is 0 Å². The van der Waals surface area contributed by atoms with Gasteiger partial charge in [-0.15, -0.1) is 0 Å². The molecule has 0 N–H and O–H groups in total. The molecule has 0 aliphatic rings. The van der Waals surface area contributed by atoms with E-state index in [9.17, 15) is 8.42 Å². The SMILES string of the molecule is Cc1cnn(C)c1S(=O)(=O)N(C)c1cccc(C(C)C)c1. The first-order valence-corrected chi connectivity index (χ1v) is 8.26. The van der Waals surface area contributed by atoms with Gasteiger partial charge in [0.2, 0.25) is 0 Å². The molecular formula is C15H21N3O2S. The third kappa shape index (κ3) is 2.81. The number of hydrogen-bond acceptors (Lipinski definition) is 3. The van der Waals surface area contributed by atoms with E-state index in [1.165, 1.54) is 8.99 Å². The Morgan fingerprint density at radius 2 is 1.95 bits per heavy atom. The van der Waals surface area contributed by atoms with Crippen LogP contribution in [0.4, 0.5) is 5.69 Å². The molecule has 0 fully saturated rings. The Balaban J connectivity index is 2.48. The summed E-state index contributed by atoms with van der Waals surface area (Å²) in [5.41, 5.74) is 2.41. The zero-order chi connectivity index (χ0) is 15.8. The summed E-state index contributed by atoms with van der Waals surface area (Å²) in [6.07, 6.45) is 1.56. The van der Waals surface area contributed by atoms with Gasteiger partial charge in [0.25, 0.3) is 10.0 Å². The summed E-state index contributed by atoms with van der Waals surface area (Å²) in [5, 5.41) is 4.24.